The van der Waals surface area contributed by atoms with E-state index in [1.807, 2.05) is 25.1 Å². The van der Waals surface area contributed by atoms with Crippen molar-refractivity contribution in [3.8, 4) is 0 Å². The molecule has 88 valence electrons. The molecule has 0 aliphatic rings. The van der Waals surface area contributed by atoms with E-state index in [9.17, 15) is 0 Å². The normalized spacial score (nSPS) is 11.7. The molecule has 0 aliphatic carbocycles. The Morgan fingerprint density at radius 1 is 1.24 bits per heavy atom. The molecule has 6 nitrogen and oxygen atoms in total. The van der Waals surface area contributed by atoms with Crippen LogP contribution in [0, 0.1) is 6.92 Å². The minimum Gasteiger partial charge on any atom is -0.459 e. The fourth-order valence-electron chi connectivity index (χ4n) is 1.55. The maximum Gasteiger partial charge on any atom is 0.223 e. The number of aryl methyl sites for hydroxylation is 1. The number of para-hydroxylation sites is 1. The van der Waals surface area contributed by atoms with Crippen LogP contribution in [0.2, 0.25) is 0 Å². The first-order valence-electron chi connectivity index (χ1n) is 4.99. The van der Waals surface area contributed by atoms with Crippen molar-refractivity contribution in [2.45, 2.75) is 6.92 Å². The average Bonchev–Trinajstić information content (AvgIpc) is 2.58. The van der Waals surface area contributed by atoms with E-state index in [0.717, 1.165) is 11.1 Å². The lowest BCUT2D eigenvalue weighted by Crippen LogP contribution is -2.26. The van der Waals surface area contributed by atoms with Gasteiger partial charge in [0.05, 0.1) is 0 Å². The van der Waals surface area contributed by atoms with Gasteiger partial charge in [0.1, 0.15) is 11.4 Å². The van der Waals surface area contributed by atoms with Gasteiger partial charge in [0.25, 0.3) is 0 Å². The molecule has 2 aromatic rings. The number of fused-ring (bicyclic) bond motifs is 1. The zero-order valence-corrected chi connectivity index (χ0v) is 9.34. The number of nitrogens with two attached hydrogens (primary N) is 3. The maximum atomic E-state index is 5.57. The van der Waals surface area contributed by atoms with Gasteiger partial charge in [-0.3, -0.25) is 0 Å². The molecular weight excluding hydrogens is 218 g/mol. The van der Waals surface area contributed by atoms with Crippen molar-refractivity contribution in [2.24, 2.45) is 27.2 Å². The first-order valence-corrected chi connectivity index (χ1v) is 4.99. The van der Waals surface area contributed by atoms with Gasteiger partial charge in [-0.05, 0) is 19.1 Å². The van der Waals surface area contributed by atoms with Crippen LogP contribution in [0.25, 0.3) is 11.0 Å². The number of nitrogens with zero attached hydrogens (tertiary/aromatic N) is 2. The lowest BCUT2D eigenvalue weighted by Gasteiger charge is -1.97. The molecule has 0 amide bonds. The molecule has 0 bridgehead atoms. The Hall–Kier alpha value is -2.50. The first kappa shape index (κ1) is 11.0. The van der Waals surface area contributed by atoms with E-state index in [4.69, 9.17) is 21.6 Å². The SMILES string of the molecule is Cc1cc2cccc(N=C(N)N=C(N)N)c2o1. The van der Waals surface area contributed by atoms with Crippen LogP contribution in [-0.4, -0.2) is 11.9 Å². The average molecular weight is 231 g/mol. The summed E-state index contributed by atoms with van der Waals surface area (Å²) in [5.74, 6) is 0.670. The molecule has 2 rings (SSSR count). The highest BCUT2D eigenvalue weighted by molar-refractivity contribution is 5.96. The molecule has 0 atom stereocenters. The quantitative estimate of drug-likeness (QED) is 0.500. The minimum atomic E-state index is -0.131. The summed E-state index contributed by atoms with van der Waals surface area (Å²) in [6, 6.07) is 7.49. The smallest absolute Gasteiger partial charge is 0.223 e. The Bertz CT molecular complexity index is 607. The third kappa shape index (κ3) is 2.36. The molecule has 0 unspecified atom stereocenters. The number of guanidine groups is 2. The highest BCUT2D eigenvalue weighted by Crippen LogP contribution is 2.28. The molecule has 0 radical (unpaired) electrons. The van der Waals surface area contributed by atoms with Gasteiger partial charge in [-0.15, -0.1) is 0 Å². The minimum absolute atomic E-state index is 0.00782. The second-order valence-electron chi connectivity index (χ2n) is 3.56. The van der Waals surface area contributed by atoms with Crippen LogP contribution in [0.5, 0.6) is 0 Å². The molecule has 6 N–H and O–H groups in total. The molecule has 1 aromatic carbocycles. The third-order valence-electron chi connectivity index (χ3n) is 2.13. The molecule has 0 spiro atoms. The molecule has 1 heterocycles. The summed E-state index contributed by atoms with van der Waals surface area (Å²) >= 11 is 0. The lowest BCUT2D eigenvalue weighted by atomic mass is 10.2. The molecule has 0 saturated heterocycles. The largest absolute Gasteiger partial charge is 0.459 e. The summed E-state index contributed by atoms with van der Waals surface area (Å²) < 4.78 is 5.53. The highest BCUT2D eigenvalue weighted by Gasteiger charge is 2.05. The van der Waals surface area contributed by atoms with Crippen molar-refractivity contribution < 1.29 is 4.42 Å². The third-order valence-corrected chi connectivity index (χ3v) is 2.13. The van der Waals surface area contributed by atoms with Crippen LogP contribution < -0.4 is 17.2 Å². The topological polar surface area (TPSA) is 116 Å². The molecule has 6 heteroatoms. The Morgan fingerprint density at radius 3 is 2.71 bits per heavy atom. The highest BCUT2D eigenvalue weighted by atomic mass is 16.3. The summed E-state index contributed by atoms with van der Waals surface area (Å²) in [5, 5.41) is 0.959. The van der Waals surface area contributed by atoms with Crippen LogP contribution >= 0.6 is 0 Å². The number of furan rings is 1. The fraction of sp³-hybridized carbons (Fsp3) is 0.0909. The van der Waals surface area contributed by atoms with Gasteiger partial charge in [0, 0.05) is 5.39 Å². The zero-order valence-electron chi connectivity index (χ0n) is 9.34. The Morgan fingerprint density at radius 2 is 2.00 bits per heavy atom. The first-order chi connectivity index (χ1) is 8.06. The van der Waals surface area contributed by atoms with Gasteiger partial charge in [0.15, 0.2) is 11.5 Å². The van der Waals surface area contributed by atoms with Gasteiger partial charge in [-0.25, -0.2) is 4.99 Å². The predicted octanol–water partition coefficient (Wildman–Crippen LogP) is 0.961. The van der Waals surface area contributed by atoms with E-state index in [1.54, 1.807) is 6.07 Å². The second kappa shape index (κ2) is 4.17. The van der Waals surface area contributed by atoms with Crippen LogP contribution in [0.4, 0.5) is 5.69 Å². The van der Waals surface area contributed by atoms with Gasteiger partial charge < -0.3 is 21.6 Å². The molecule has 0 saturated carbocycles. The Kier molecular flexibility index (Phi) is 2.70. The summed E-state index contributed by atoms with van der Waals surface area (Å²) in [7, 11) is 0. The van der Waals surface area contributed by atoms with Crippen molar-refractivity contribution >= 4 is 28.6 Å². The number of aliphatic imine (C=N–C) groups is 2. The predicted molar refractivity (Wildman–Crippen MR) is 68.0 cm³/mol. The molecular formula is C11H13N5O. The molecule has 0 aliphatic heterocycles. The van der Waals surface area contributed by atoms with Crippen molar-refractivity contribution in [3.05, 3.63) is 30.0 Å². The monoisotopic (exact) mass is 231 g/mol. The van der Waals surface area contributed by atoms with Crippen LogP contribution in [-0.2, 0) is 0 Å². The van der Waals surface area contributed by atoms with Crippen LogP contribution in [0.1, 0.15) is 5.76 Å². The van der Waals surface area contributed by atoms with Gasteiger partial charge in [0.2, 0.25) is 5.96 Å². The van der Waals surface area contributed by atoms with Gasteiger partial charge in [-0.1, -0.05) is 12.1 Å². The van der Waals surface area contributed by atoms with E-state index in [-0.39, 0.29) is 11.9 Å². The number of hydrogen-bond acceptors (Lipinski definition) is 2. The van der Waals surface area contributed by atoms with E-state index < -0.39 is 0 Å². The van der Waals surface area contributed by atoms with E-state index in [0.29, 0.717) is 11.3 Å². The van der Waals surface area contributed by atoms with Crippen LogP contribution in [0.15, 0.2) is 38.7 Å². The summed E-state index contributed by atoms with van der Waals surface area (Å²) in [4.78, 5) is 7.74. The number of hydrogen-bond donors (Lipinski definition) is 3. The van der Waals surface area contributed by atoms with Crippen molar-refractivity contribution in [1.82, 2.24) is 0 Å². The zero-order chi connectivity index (χ0) is 12.4. The molecule has 0 fully saturated rings. The van der Waals surface area contributed by atoms with Gasteiger partial charge >= 0.3 is 0 Å². The maximum absolute atomic E-state index is 5.57. The summed E-state index contributed by atoms with van der Waals surface area (Å²) in [6.45, 7) is 1.87. The number of benzene rings is 1. The molecule has 1 aromatic heterocycles. The van der Waals surface area contributed by atoms with Crippen molar-refractivity contribution in [1.29, 1.82) is 0 Å². The Labute approximate surface area is 97.8 Å². The lowest BCUT2D eigenvalue weighted by molar-refractivity contribution is 0.579. The molecule has 17 heavy (non-hydrogen) atoms. The Balaban J connectivity index is 2.52. The number of rotatable bonds is 1. The van der Waals surface area contributed by atoms with E-state index >= 15 is 0 Å². The summed E-state index contributed by atoms with van der Waals surface area (Å²) in [5.41, 5.74) is 17.2. The standard InChI is InChI=1S/C11H13N5O/c1-6-5-7-3-2-4-8(9(7)17-6)15-11(14)16-10(12)13/h2-5H,1H3,(H6,12,13,14,15,16). The van der Waals surface area contributed by atoms with Crippen LogP contribution in [0.3, 0.4) is 0 Å². The van der Waals surface area contributed by atoms with Crippen molar-refractivity contribution in [2.75, 3.05) is 0 Å². The van der Waals surface area contributed by atoms with Crippen molar-refractivity contribution in [3.63, 3.8) is 0 Å². The van der Waals surface area contributed by atoms with E-state index in [2.05, 4.69) is 9.98 Å². The van der Waals surface area contributed by atoms with E-state index in [1.165, 1.54) is 0 Å². The van der Waals surface area contributed by atoms with Gasteiger partial charge in [-0.2, -0.15) is 4.99 Å². The second-order valence-corrected chi connectivity index (χ2v) is 3.56. The summed E-state index contributed by atoms with van der Waals surface area (Å²) in [6.07, 6.45) is 0. The fourth-order valence-corrected chi connectivity index (χ4v) is 1.55.